The van der Waals surface area contributed by atoms with Gasteiger partial charge in [0.1, 0.15) is 18.0 Å². The lowest BCUT2D eigenvalue weighted by Crippen LogP contribution is -2.38. The van der Waals surface area contributed by atoms with Crippen LogP contribution in [0.1, 0.15) is 22.5 Å². The summed E-state index contributed by atoms with van der Waals surface area (Å²) in [7, 11) is 3.08. The van der Waals surface area contributed by atoms with Crippen LogP contribution in [0.3, 0.4) is 0 Å². The summed E-state index contributed by atoms with van der Waals surface area (Å²) in [6.07, 6.45) is 2.93. The number of benzene rings is 2. The summed E-state index contributed by atoms with van der Waals surface area (Å²) in [6.45, 7) is 0.392. The zero-order valence-electron chi connectivity index (χ0n) is 18.0. The molecule has 8 heteroatoms. The second kappa shape index (κ2) is 9.47. The summed E-state index contributed by atoms with van der Waals surface area (Å²) in [4.78, 5) is 36.3. The predicted octanol–water partition coefficient (Wildman–Crippen LogP) is 3.19. The lowest BCUT2D eigenvalue weighted by Gasteiger charge is -2.20. The highest BCUT2D eigenvalue weighted by atomic mass is 16.5. The first-order chi connectivity index (χ1) is 15.6. The second-order valence-electron chi connectivity index (χ2n) is 7.40. The van der Waals surface area contributed by atoms with E-state index in [1.165, 1.54) is 4.90 Å². The molecule has 0 radical (unpaired) electrons. The number of ether oxygens (including phenoxy) is 2. The van der Waals surface area contributed by atoms with Crippen molar-refractivity contribution in [3.63, 3.8) is 0 Å². The van der Waals surface area contributed by atoms with Gasteiger partial charge in [0.15, 0.2) is 5.82 Å². The summed E-state index contributed by atoms with van der Waals surface area (Å²) in [5, 5.41) is 2.81. The van der Waals surface area contributed by atoms with Crippen molar-refractivity contribution in [2.24, 2.45) is 0 Å². The average Bonchev–Trinajstić information content (AvgIpc) is 2.97. The molecule has 0 unspecified atom stereocenters. The van der Waals surface area contributed by atoms with Gasteiger partial charge in [0, 0.05) is 42.2 Å². The Kier molecular flexibility index (Phi) is 6.30. The number of aryl methyl sites for hydroxylation is 1. The van der Waals surface area contributed by atoms with Crippen molar-refractivity contribution < 1.29 is 19.1 Å². The highest BCUT2D eigenvalue weighted by Gasteiger charge is 2.26. The van der Waals surface area contributed by atoms with Crippen LogP contribution in [0.5, 0.6) is 11.5 Å². The van der Waals surface area contributed by atoms with Gasteiger partial charge in [0.25, 0.3) is 5.91 Å². The molecule has 0 spiro atoms. The average molecular weight is 432 g/mol. The number of carbonyl (C=O) groups is 2. The second-order valence-corrected chi connectivity index (χ2v) is 7.40. The quantitative estimate of drug-likeness (QED) is 0.643. The molecule has 1 N–H and O–H groups in total. The minimum Gasteiger partial charge on any atom is -0.497 e. The molecule has 4 rings (SSSR count). The zero-order chi connectivity index (χ0) is 22.5. The first-order valence-corrected chi connectivity index (χ1v) is 10.3. The van der Waals surface area contributed by atoms with Crippen LogP contribution in [-0.2, 0) is 11.2 Å². The summed E-state index contributed by atoms with van der Waals surface area (Å²) in [5.41, 5.74) is 2.59. The summed E-state index contributed by atoms with van der Waals surface area (Å²) in [5.74, 6) is 1.17. The van der Waals surface area contributed by atoms with Gasteiger partial charge in [-0.3, -0.25) is 9.59 Å². The number of amides is 2. The van der Waals surface area contributed by atoms with Crippen molar-refractivity contribution in [2.45, 2.75) is 12.8 Å². The lowest BCUT2D eigenvalue weighted by molar-refractivity contribution is -0.116. The maximum atomic E-state index is 13.1. The van der Waals surface area contributed by atoms with Crippen molar-refractivity contribution in [1.29, 1.82) is 0 Å². The summed E-state index contributed by atoms with van der Waals surface area (Å²) < 4.78 is 10.5. The van der Waals surface area contributed by atoms with Gasteiger partial charge >= 0.3 is 0 Å². The topological polar surface area (TPSA) is 93.6 Å². The number of fused-ring (bicyclic) bond motifs is 1. The zero-order valence-corrected chi connectivity index (χ0v) is 18.0. The molecular weight excluding hydrogens is 408 g/mol. The molecule has 32 heavy (non-hydrogen) atoms. The number of carbonyl (C=O) groups excluding carboxylic acids is 2. The largest absolute Gasteiger partial charge is 0.497 e. The lowest BCUT2D eigenvalue weighted by atomic mass is 10.1. The van der Waals surface area contributed by atoms with Crippen molar-refractivity contribution in [1.82, 2.24) is 14.9 Å². The van der Waals surface area contributed by atoms with Crippen molar-refractivity contribution in [2.75, 3.05) is 32.6 Å². The molecule has 1 aromatic heterocycles. The molecule has 1 aliphatic heterocycles. The van der Waals surface area contributed by atoms with Gasteiger partial charge in [-0.15, -0.1) is 0 Å². The number of hydrogen-bond donors (Lipinski definition) is 1. The van der Waals surface area contributed by atoms with E-state index in [0.717, 1.165) is 5.56 Å². The molecule has 2 aromatic carbocycles. The van der Waals surface area contributed by atoms with Crippen LogP contribution in [0.2, 0.25) is 0 Å². The van der Waals surface area contributed by atoms with Crippen LogP contribution in [-0.4, -0.2) is 54.0 Å². The van der Waals surface area contributed by atoms with Gasteiger partial charge in [0.2, 0.25) is 5.91 Å². The van der Waals surface area contributed by atoms with E-state index in [9.17, 15) is 9.59 Å². The molecule has 1 aliphatic rings. The number of methoxy groups -OCH3 is 2. The molecule has 3 aromatic rings. The van der Waals surface area contributed by atoms with E-state index >= 15 is 0 Å². The molecule has 2 amide bonds. The van der Waals surface area contributed by atoms with Gasteiger partial charge in [-0.1, -0.05) is 30.3 Å². The van der Waals surface area contributed by atoms with Crippen molar-refractivity contribution in [3.05, 3.63) is 66.0 Å². The molecule has 0 bridgehead atoms. The Morgan fingerprint density at radius 3 is 2.50 bits per heavy atom. The van der Waals surface area contributed by atoms with E-state index in [-0.39, 0.29) is 18.4 Å². The van der Waals surface area contributed by atoms with Gasteiger partial charge < -0.3 is 19.7 Å². The first-order valence-electron chi connectivity index (χ1n) is 10.3. The number of anilines is 1. The number of aromatic nitrogens is 2. The highest BCUT2D eigenvalue weighted by molar-refractivity contribution is 6.00. The van der Waals surface area contributed by atoms with E-state index in [2.05, 4.69) is 15.3 Å². The van der Waals surface area contributed by atoms with Crippen LogP contribution < -0.4 is 14.8 Å². The van der Waals surface area contributed by atoms with Gasteiger partial charge in [-0.2, -0.15) is 0 Å². The molecule has 8 nitrogen and oxygen atoms in total. The Morgan fingerprint density at radius 2 is 1.81 bits per heavy atom. The number of hydrogen-bond acceptors (Lipinski definition) is 6. The van der Waals surface area contributed by atoms with Crippen LogP contribution >= 0.6 is 0 Å². The fraction of sp³-hybridized carbons (Fsp3) is 0.250. The van der Waals surface area contributed by atoms with Gasteiger partial charge in [-0.25, -0.2) is 9.97 Å². The third kappa shape index (κ3) is 4.69. The molecule has 0 fully saturated rings. The van der Waals surface area contributed by atoms with E-state index in [4.69, 9.17) is 9.47 Å². The molecular formula is C24H24N4O4. The Hall–Kier alpha value is -3.94. The fourth-order valence-electron chi connectivity index (χ4n) is 3.63. The summed E-state index contributed by atoms with van der Waals surface area (Å²) in [6, 6.07) is 14.8. The molecule has 0 atom stereocenters. The standard InChI is InChI=1S/C24H24N4O4/c1-31-18-11-17(12-19(13-18)32-2)26-22(29)15-28-10-6-9-21-20(24(28)30)14-25-23(27-21)16-7-4-3-5-8-16/h3-5,7-8,11-14H,6,9-10,15H2,1-2H3,(H,26,29). The Morgan fingerprint density at radius 1 is 1.09 bits per heavy atom. The molecule has 0 aliphatic carbocycles. The maximum Gasteiger partial charge on any atom is 0.257 e. The number of rotatable bonds is 6. The monoisotopic (exact) mass is 432 g/mol. The predicted molar refractivity (Wildman–Crippen MR) is 120 cm³/mol. The van der Waals surface area contributed by atoms with Crippen LogP contribution in [0.15, 0.2) is 54.7 Å². The van der Waals surface area contributed by atoms with Gasteiger partial charge in [-0.05, 0) is 12.8 Å². The Bertz CT molecular complexity index is 1110. The minimum atomic E-state index is -0.307. The molecule has 2 heterocycles. The van der Waals surface area contributed by atoms with Crippen LogP contribution in [0, 0.1) is 0 Å². The number of nitrogens with zero attached hydrogens (tertiary/aromatic N) is 3. The van der Waals surface area contributed by atoms with E-state index < -0.39 is 0 Å². The first kappa shape index (κ1) is 21.3. The van der Waals surface area contributed by atoms with Gasteiger partial charge in [0.05, 0.1) is 25.5 Å². The smallest absolute Gasteiger partial charge is 0.257 e. The van der Waals surface area contributed by atoms with E-state index in [1.807, 2.05) is 30.3 Å². The van der Waals surface area contributed by atoms with Crippen molar-refractivity contribution in [3.8, 4) is 22.9 Å². The van der Waals surface area contributed by atoms with E-state index in [0.29, 0.717) is 53.7 Å². The molecule has 164 valence electrons. The normalized spacial score (nSPS) is 13.2. The van der Waals surface area contributed by atoms with Crippen LogP contribution in [0.25, 0.3) is 11.4 Å². The maximum absolute atomic E-state index is 13.1. The third-order valence-corrected chi connectivity index (χ3v) is 5.23. The SMILES string of the molecule is COc1cc(NC(=O)CN2CCCc3nc(-c4ccccc4)ncc3C2=O)cc(OC)c1. The summed E-state index contributed by atoms with van der Waals surface area (Å²) >= 11 is 0. The van der Waals surface area contributed by atoms with E-state index in [1.54, 1.807) is 38.6 Å². The highest BCUT2D eigenvalue weighted by Crippen LogP contribution is 2.26. The number of nitrogens with one attached hydrogen (secondary N) is 1. The fourth-order valence-corrected chi connectivity index (χ4v) is 3.63. The van der Waals surface area contributed by atoms with Crippen LogP contribution in [0.4, 0.5) is 5.69 Å². The Labute approximate surface area is 186 Å². The molecule has 0 saturated heterocycles. The molecule has 0 saturated carbocycles. The minimum absolute atomic E-state index is 0.0712. The third-order valence-electron chi connectivity index (χ3n) is 5.23. The van der Waals surface area contributed by atoms with Crippen molar-refractivity contribution >= 4 is 17.5 Å². The Balaban J connectivity index is 1.49.